The number of ether oxygens (including phenoxy) is 10. The molecule has 0 aliphatic rings. The largest absolute Gasteiger partial charge is 0.494 e. The van der Waals surface area contributed by atoms with Gasteiger partial charge in [0.1, 0.15) is 25.1 Å². The van der Waals surface area contributed by atoms with E-state index in [1.165, 1.54) is 38.5 Å². The molecule has 0 fully saturated rings. The Kier molecular flexibility index (Phi) is 58.8. The minimum Gasteiger partial charge on any atom is -0.494 e. The molecule has 0 rings (SSSR count). The van der Waals surface area contributed by atoms with Crippen molar-refractivity contribution in [1.29, 1.82) is 0 Å². The van der Waals surface area contributed by atoms with Gasteiger partial charge in [0.25, 0.3) is 0 Å². The van der Waals surface area contributed by atoms with Crippen molar-refractivity contribution in [2.75, 3.05) is 59.5 Å². The fourth-order valence-electron chi connectivity index (χ4n) is 5.44. The van der Waals surface area contributed by atoms with Crippen LogP contribution < -0.4 is 0 Å². The van der Waals surface area contributed by atoms with Crippen LogP contribution in [0, 0.1) is 0 Å². The monoisotopic (exact) mass is 1240 g/mol. The first-order valence-corrected chi connectivity index (χ1v) is 29.6. The first kappa shape index (κ1) is 88.9. The predicted molar refractivity (Wildman–Crippen MR) is 345 cm³/mol. The van der Waals surface area contributed by atoms with E-state index in [1.54, 1.807) is 69.2 Å². The summed E-state index contributed by atoms with van der Waals surface area (Å²) in [6.45, 7) is 59.8. The Balaban J connectivity index is -0.000000330. The Hall–Kier alpha value is -7.83. The number of carbonyl (C=O) groups is 9. The van der Waals surface area contributed by atoms with Crippen LogP contribution in [0.25, 0.3) is 0 Å². The summed E-state index contributed by atoms with van der Waals surface area (Å²) in [5.74, 6) is -2.85. The summed E-state index contributed by atoms with van der Waals surface area (Å²) in [7, 11) is 0. The minimum absolute atomic E-state index is 0.0325. The summed E-state index contributed by atoms with van der Waals surface area (Å²) in [5.41, 5.74) is 4.34. The molecular weight excluding hydrogens is 1130 g/mol. The highest BCUT2D eigenvalue weighted by molar-refractivity contribution is 5.90. The molecule has 88 heavy (non-hydrogen) atoms. The Bertz CT molecular complexity index is 2180. The van der Waals surface area contributed by atoms with Gasteiger partial charge in [0.2, 0.25) is 0 Å². The molecule has 0 aliphatic heterocycles. The maximum absolute atomic E-state index is 11.2. The third kappa shape index (κ3) is 62.7. The van der Waals surface area contributed by atoms with E-state index < -0.39 is 23.9 Å². The van der Waals surface area contributed by atoms with Gasteiger partial charge in [-0.25, -0.2) is 43.2 Å². The van der Waals surface area contributed by atoms with Crippen LogP contribution in [0.5, 0.6) is 0 Å². The zero-order chi connectivity index (χ0) is 68.6. The fraction of sp³-hybridized carbons (Fsp3) is 0.551. The summed E-state index contributed by atoms with van der Waals surface area (Å²) >= 11 is 0. The molecule has 0 bridgehead atoms. The van der Waals surface area contributed by atoms with E-state index in [2.05, 4.69) is 81.8 Å². The van der Waals surface area contributed by atoms with Gasteiger partial charge in [0.05, 0.1) is 46.2 Å². The standard InChI is InChI=1S/C20H34O4.C15H24O3.2C12H18O4.C10H14O4/c1-17(2)19(21)23-15-13-11-9-7-5-6-8-10-12-14-16-24-20(22)18(3)4;1-12(2)14(5)17-10-8-6-7-9-11-18-15(16)13(3)4;1-8(2)11(13)15-7-6-10(5)16-12(14)9(3)4;1-9(2)11(13)15-7-5-6-8-16-12(14)10(3)4;1-7(2)9(11)13-5-6-14-10(12)8(3)4/h1,3,5-16H2,2,4H3;1,3,5-11H2,2,4H3;10H,1,3,6-7H2,2,4-5H3;1,3,5-8H2,2,4H3;1,3,5-6H2,2,4H3. The number of hydrogen-bond donors (Lipinski definition) is 0. The predicted octanol–water partition coefficient (Wildman–Crippen LogP) is 14.1. The van der Waals surface area contributed by atoms with Gasteiger partial charge in [0, 0.05) is 56.6 Å². The quantitative estimate of drug-likeness (QED) is 0.0137. The van der Waals surface area contributed by atoms with Crippen LogP contribution in [0.1, 0.15) is 185 Å². The lowest BCUT2D eigenvalue weighted by molar-refractivity contribution is -0.147. The molecular formula is C69H108O19. The van der Waals surface area contributed by atoms with E-state index in [-0.39, 0.29) is 55.8 Å². The summed E-state index contributed by atoms with van der Waals surface area (Å²) in [5, 5.41) is 0. The van der Waals surface area contributed by atoms with Gasteiger partial charge >= 0.3 is 53.7 Å². The second-order valence-electron chi connectivity index (χ2n) is 20.8. The molecule has 1 unspecified atom stereocenters. The van der Waals surface area contributed by atoms with Crippen molar-refractivity contribution in [2.45, 2.75) is 191 Å². The second kappa shape index (κ2) is 58.2. The van der Waals surface area contributed by atoms with Crippen molar-refractivity contribution < 1.29 is 90.5 Å². The lowest BCUT2D eigenvalue weighted by Gasteiger charge is -2.13. The molecule has 498 valence electrons. The number of esters is 9. The topological polar surface area (TPSA) is 246 Å². The van der Waals surface area contributed by atoms with Gasteiger partial charge in [-0.2, -0.15) is 0 Å². The van der Waals surface area contributed by atoms with Gasteiger partial charge in [-0.15, -0.1) is 0 Å². The Morgan fingerprint density at radius 2 is 0.398 bits per heavy atom. The number of allylic oxidation sites excluding steroid dienone is 1. The molecule has 0 saturated heterocycles. The highest BCUT2D eigenvalue weighted by Gasteiger charge is 2.12. The highest BCUT2D eigenvalue weighted by Crippen LogP contribution is 2.12. The SMILES string of the molecule is C=C(C)C(=C)OCCCCCCOC(=O)C(=C)C.C=C(C)C(=O)OCCC(C)OC(=O)C(=C)C.C=C(C)C(=O)OCCCCCCCCCCCCOC(=O)C(=C)C.C=C(C)C(=O)OCCCCOC(=O)C(=C)C.C=C(C)C(=O)OCCOC(=O)C(=C)C. The molecule has 0 aromatic rings. The fourth-order valence-corrected chi connectivity index (χ4v) is 5.44. The van der Waals surface area contributed by atoms with Crippen LogP contribution in [0.2, 0.25) is 0 Å². The van der Waals surface area contributed by atoms with Crippen LogP contribution in [-0.4, -0.2) is 119 Å². The van der Waals surface area contributed by atoms with Crippen LogP contribution >= 0.6 is 0 Å². The van der Waals surface area contributed by atoms with Crippen molar-refractivity contribution in [1.82, 2.24) is 0 Å². The van der Waals surface area contributed by atoms with Crippen molar-refractivity contribution in [3.63, 3.8) is 0 Å². The second-order valence-corrected chi connectivity index (χ2v) is 20.8. The molecule has 1 atom stereocenters. The number of rotatable bonds is 43. The molecule has 0 saturated carbocycles. The molecule has 0 aromatic heterocycles. The maximum atomic E-state index is 11.2. The van der Waals surface area contributed by atoms with E-state index in [0.29, 0.717) is 115 Å². The third-order valence-corrected chi connectivity index (χ3v) is 10.8. The van der Waals surface area contributed by atoms with E-state index in [4.69, 9.17) is 37.9 Å². The van der Waals surface area contributed by atoms with Gasteiger partial charge in [-0.05, 0) is 133 Å². The van der Waals surface area contributed by atoms with Crippen LogP contribution in [-0.2, 0) is 90.5 Å². The Morgan fingerprint density at radius 1 is 0.227 bits per heavy atom. The van der Waals surface area contributed by atoms with Gasteiger partial charge < -0.3 is 47.4 Å². The average molecular weight is 1240 g/mol. The molecule has 0 spiro atoms. The molecule has 19 heteroatoms. The summed E-state index contributed by atoms with van der Waals surface area (Å²) in [6.07, 6.45) is 16.9. The summed E-state index contributed by atoms with van der Waals surface area (Å²) in [4.78, 5) is 99.1. The van der Waals surface area contributed by atoms with Crippen molar-refractivity contribution in [2.24, 2.45) is 0 Å². The van der Waals surface area contributed by atoms with Crippen LogP contribution in [0.15, 0.2) is 134 Å². The minimum atomic E-state index is -0.489. The maximum Gasteiger partial charge on any atom is 0.333 e. The highest BCUT2D eigenvalue weighted by atomic mass is 16.6. The van der Waals surface area contributed by atoms with E-state index >= 15 is 0 Å². The third-order valence-electron chi connectivity index (χ3n) is 10.8. The van der Waals surface area contributed by atoms with Crippen molar-refractivity contribution in [3.8, 4) is 0 Å². The van der Waals surface area contributed by atoms with Crippen molar-refractivity contribution >= 4 is 53.7 Å². The average Bonchev–Trinajstić information content (AvgIpc) is 3.45. The summed E-state index contributed by atoms with van der Waals surface area (Å²) in [6, 6.07) is 0. The lowest BCUT2D eigenvalue weighted by atomic mass is 10.1. The lowest BCUT2D eigenvalue weighted by Crippen LogP contribution is -2.18. The molecule has 0 radical (unpaired) electrons. The summed E-state index contributed by atoms with van der Waals surface area (Å²) < 4.78 is 49.4. The number of unbranched alkanes of at least 4 members (excludes halogenated alkanes) is 13. The molecule has 0 aromatic carbocycles. The van der Waals surface area contributed by atoms with Gasteiger partial charge in [-0.1, -0.05) is 124 Å². The van der Waals surface area contributed by atoms with E-state index in [0.717, 1.165) is 56.9 Å². The zero-order valence-corrected chi connectivity index (χ0v) is 55.5. The van der Waals surface area contributed by atoms with E-state index in [1.807, 2.05) is 6.92 Å². The Morgan fingerprint density at radius 3 is 0.602 bits per heavy atom. The smallest absolute Gasteiger partial charge is 0.333 e. The number of carbonyl (C=O) groups excluding carboxylic acids is 9. The van der Waals surface area contributed by atoms with Crippen molar-refractivity contribution in [3.05, 3.63) is 134 Å². The molecule has 0 aliphatic carbocycles. The first-order valence-electron chi connectivity index (χ1n) is 29.6. The normalized spacial score (nSPS) is 9.99. The molecule has 0 amide bonds. The van der Waals surface area contributed by atoms with Crippen LogP contribution in [0.3, 0.4) is 0 Å². The number of hydrogen-bond acceptors (Lipinski definition) is 19. The molecule has 19 nitrogen and oxygen atoms in total. The Labute approximate surface area is 527 Å². The first-order chi connectivity index (χ1) is 41.1. The van der Waals surface area contributed by atoms with Gasteiger partial charge in [0.15, 0.2) is 0 Å². The van der Waals surface area contributed by atoms with E-state index in [9.17, 15) is 43.2 Å². The molecule has 0 heterocycles. The van der Waals surface area contributed by atoms with Crippen LogP contribution in [0.4, 0.5) is 0 Å². The van der Waals surface area contributed by atoms with Gasteiger partial charge in [-0.3, -0.25) is 0 Å². The zero-order valence-electron chi connectivity index (χ0n) is 55.5. The molecule has 0 N–H and O–H groups in total.